The molecule has 1 aromatic heterocycles. The van der Waals surface area contributed by atoms with E-state index in [0.717, 1.165) is 16.5 Å². The number of ether oxygens (including phenoxy) is 1. The predicted octanol–water partition coefficient (Wildman–Crippen LogP) is 3.27. The van der Waals surface area contributed by atoms with Crippen molar-refractivity contribution < 1.29 is 14.3 Å². The van der Waals surface area contributed by atoms with E-state index in [1.165, 1.54) is 0 Å². The van der Waals surface area contributed by atoms with Crippen LogP contribution in [0.15, 0.2) is 54.6 Å². The Labute approximate surface area is 133 Å². The zero-order valence-electron chi connectivity index (χ0n) is 12.6. The first-order valence-electron chi connectivity index (χ1n) is 7.23. The van der Waals surface area contributed by atoms with Crippen molar-refractivity contribution >= 4 is 28.5 Å². The van der Waals surface area contributed by atoms with Crippen molar-refractivity contribution in [1.29, 1.82) is 0 Å². The minimum Gasteiger partial charge on any atom is -0.451 e. The highest BCUT2D eigenvalue weighted by atomic mass is 16.5. The summed E-state index contributed by atoms with van der Waals surface area (Å²) in [7, 11) is 0. The molecular weight excluding hydrogens is 292 g/mol. The van der Waals surface area contributed by atoms with E-state index in [9.17, 15) is 9.59 Å². The average Bonchev–Trinajstić information content (AvgIpc) is 2.99. The van der Waals surface area contributed by atoms with Crippen LogP contribution in [0, 0.1) is 6.92 Å². The summed E-state index contributed by atoms with van der Waals surface area (Å²) in [5, 5.41) is 3.60. The number of esters is 1. The van der Waals surface area contributed by atoms with Gasteiger partial charge in [-0.2, -0.15) is 0 Å². The number of aromatic amines is 1. The molecule has 0 spiro atoms. The number of fused-ring (bicyclic) bond motifs is 1. The quantitative estimate of drug-likeness (QED) is 0.727. The molecule has 116 valence electrons. The number of carbonyl (C=O) groups is 2. The first-order valence-corrected chi connectivity index (χ1v) is 7.23. The van der Waals surface area contributed by atoms with E-state index in [1.807, 2.05) is 43.3 Å². The molecule has 0 radical (unpaired) electrons. The highest BCUT2D eigenvalue weighted by Crippen LogP contribution is 2.15. The Morgan fingerprint density at radius 3 is 2.57 bits per heavy atom. The molecule has 0 unspecified atom stereocenters. The number of hydrogen-bond acceptors (Lipinski definition) is 3. The van der Waals surface area contributed by atoms with E-state index >= 15 is 0 Å². The van der Waals surface area contributed by atoms with Crippen LogP contribution in [-0.2, 0) is 9.53 Å². The molecule has 2 N–H and O–H groups in total. The first kappa shape index (κ1) is 14.8. The highest BCUT2D eigenvalue weighted by Gasteiger charge is 2.13. The van der Waals surface area contributed by atoms with Crippen LogP contribution in [0.1, 0.15) is 16.1 Å². The molecule has 3 rings (SSSR count). The summed E-state index contributed by atoms with van der Waals surface area (Å²) in [6, 6.07) is 16.6. The number of rotatable bonds is 4. The maximum atomic E-state index is 12.0. The van der Waals surface area contributed by atoms with Crippen molar-refractivity contribution in [2.45, 2.75) is 6.92 Å². The van der Waals surface area contributed by atoms with Gasteiger partial charge in [0.2, 0.25) is 0 Å². The van der Waals surface area contributed by atoms with Crippen LogP contribution in [0.25, 0.3) is 10.9 Å². The van der Waals surface area contributed by atoms with Crippen LogP contribution in [0.2, 0.25) is 0 Å². The average molecular weight is 308 g/mol. The molecule has 5 nitrogen and oxygen atoms in total. The number of aromatic nitrogens is 1. The van der Waals surface area contributed by atoms with Gasteiger partial charge in [-0.15, -0.1) is 0 Å². The summed E-state index contributed by atoms with van der Waals surface area (Å²) >= 11 is 0. The molecular formula is C18H16N2O3. The normalized spacial score (nSPS) is 10.5. The van der Waals surface area contributed by atoms with Crippen LogP contribution in [0.5, 0.6) is 0 Å². The zero-order valence-corrected chi connectivity index (χ0v) is 12.6. The number of nitrogens with one attached hydrogen (secondary N) is 2. The maximum Gasteiger partial charge on any atom is 0.355 e. The zero-order chi connectivity index (χ0) is 16.2. The number of H-pyrrole nitrogens is 1. The molecule has 3 aromatic rings. The summed E-state index contributed by atoms with van der Waals surface area (Å²) in [4.78, 5) is 26.8. The van der Waals surface area contributed by atoms with Gasteiger partial charge in [-0.3, -0.25) is 4.79 Å². The SMILES string of the molecule is Cc1ccc(NC(=O)COC(=O)c2cc3ccccc3[nH]2)cc1. The molecule has 0 aliphatic heterocycles. The second-order valence-corrected chi connectivity index (χ2v) is 5.26. The van der Waals surface area contributed by atoms with E-state index in [2.05, 4.69) is 10.3 Å². The standard InChI is InChI=1S/C18H16N2O3/c1-12-6-8-14(9-7-12)19-17(21)11-23-18(22)16-10-13-4-2-3-5-15(13)20-16/h2-10,20H,11H2,1H3,(H,19,21). The third-order valence-corrected chi connectivity index (χ3v) is 3.42. The molecule has 5 heteroatoms. The van der Waals surface area contributed by atoms with Crippen LogP contribution in [0.4, 0.5) is 5.69 Å². The van der Waals surface area contributed by atoms with Gasteiger partial charge < -0.3 is 15.0 Å². The summed E-state index contributed by atoms with van der Waals surface area (Å²) in [5.74, 6) is -0.932. The molecule has 0 fully saturated rings. The lowest BCUT2D eigenvalue weighted by atomic mass is 10.2. The second kappa shape index (κ2) is 6.36. The van der Waals surface area contributed by atoms with Crippen molar-refractivity contribution in [1.82, 2.24) is 4.98 Å². The summed E-state index contributed by atoms with van der Waals surface area (Å²) in [5.41, 5.74) is 2.95. The van der Waals surface area contributed by atoms with Crippen LogP contribution in [0.3, 0.4) is 0 Å². The Morgan fingerprint density at radius 2 is 1.83 bits per heavy atom. The van der Waals surface area contributed by atoms with E-state index in [4.69, 9.17) is 4.74 Å². The van der Waals surface area contributed by atoms with Crippen LogP contribution >= 0.6 is 0 Å². The van der Waals surface area contributed by atoms with Gasteiger partial charge in [-0.05, 0) is 31.2 Å². The topological polar surface area (TPSA) is 71.2 Å². The largest absolute Gasteiger partial charge is 0.451 e. The van der Waals surface area contributed by atoms with Gasteiger partial charge in [0.05, 0.1) is 0 Å². The van der Waals surface area contributed by atoms with E-state index < -0.39 is 5.97 Å². The Balaban J connectivity index is 1.57. The fourth-order valence-electron chi connectivity index (χ4n) is 2.23. The summed E-state index contributed by atoms with van der Waals surface area (Å²) < 4.78 is 5.03. The lowest BCUT2D eigenvalue weighted by Gasteiger charge is -2.06. The second-order valence-electron chi connectivity index (χ2n) is 5.26. The van der Waals surface area contributed by atoms with Crippen LogP contribution in [-0.4, -0.2) is 23.5 Å². The number of anilines is 1. The van der Waals surface area contributed by atoms with Gasteiger partial charge in [0, 0.05) is 16.6 Å². The van der Waals surface area contributed by atoms with Crippen molar-refractivity contribution in [3.63, 3.8) is 0 Å². The molecule has 0 bridgehead atoms. The van der Waals surface area contributed by atoms with Crippen molar-refractivity contribution in [2.75, 3.05) is 11.9 Å². The van der Waals surface area contributed by atoms with Crippen molar-refractivity contribution in [2.24, 2.45) is 0 Å². The summed E-state index contributed by atoms with van der Waals surface area (Å²) in [6.07, 6.45) is 0. The number of para-hydroxylation sites is 1. The molecule has 23 heavy (non-hydrogen) atoms. The fraction of sp³-hybridized carbons (Fsp3) is 0.111. The maximum absolute atomic E-state index is 12.0. The lowest BCUT2D eigenvalue weighted by Crippen LogP contribution is -2.21. The van der Waals surface area contributed by atoms with Gasteiger partial charge in [0.1, 0.15) is 5.69 Å². The Kier molecular flexibility index (Phi) is 4.10. The molecule has 2 aromatic carbocycles. The number of benzene rings is 2. The molecule has 0 aliphatic carbocycles. The van der Waals surface area contributed by atoms with Crippen molar-refractivity contribution in [3.8, 4) is 0 Å². The fourth-order valence-corrected chi connectivity index (χ4v) is 2.23. The van der Waals surface area contributed by atoms with E-state index in [1.54, 1.807) is 18.2 Å². The smallest absolute Gasteiger partial charge is 0.355 e. The predicted molar refractivity (Wildman–Crippen MR) is 88.4 cm³/mol. The Bertz CT molecular complexity index is 817. The molecule has 0 saturated heterocycles. The molecule has 1 heterocycles. The van der Waals surface area contributed by atoms with Gasteiger partial charge in [0.25, 0.3) is 5.91 Å². The van der Waals surface area contributed by atoms with Gasteiger partial charge in [0.15, 0.2) is 6.61 Å². The van der Waals surface area contributed by atoms with Gasteiger partial charge in [-0.1, -0.05) is 35.9 Å². The monoisotopic (exact) mass is 308 g/mol. The van der Waals surface area contributed by atoms with E-state index in [0.29, 0.717) is 11.4 Å². The van der Waals surface area contributed by atoms with Crippen LogP contribution < -0.4 is 5.32 Å². The number of aryl methyl sites for hydroxylation is 1. The number of hydrogen-bond donors (Lipinski definition) is 2. The Morgan fingerprint density at radius 1 is 1.09 bits per heavy atom. The molecule has 0 saturated carbocycles. The minimum absolute atomic E-state index is 0.328. The number of amides is 1. The molecule has 0 atom stereocenters. The third kappa shape index (κ3) is 3.58. The highest BCUT2D eigenvalue weighted by molar-refractivity contribution is 5.97. The summed E-state index contributed by atoms with van der Waals surface area (Å²) in [6.45, 7) is 1.63. The van der Waals surface area contributed by atoms with Crippen molar-refractivity contribution in [3.05, 3.63) is 65.9 Å². The third-order valence-electron chi connectivity index (χ3n) is 3.42. The molecule has 0 aliphatic rings. The van der Waals surface area contributed by atoms with E-state index in [-0.39, 0.29) is 12.5 Å². The Hall–Kier alpha value is -3.08. The number of carbonyl (C=O) groups excluding carboxylic acids is 2. The molecule has 1 amide bonds. The minimum atomic E-state index is -0.555. The van der Waals surface area contributed by atoms with Gasteiger partial charge in [-0.25, -0.2) is 4.79 Å². The van der Waals surface area contributed by atoms with Gasteiger partial charge >= 0.3 is 5.97 Å². The first-order chi connectivity index (χ1) is 11.1. The lowest BCUT2D eigenvalue weighted by molar-refractivity contribution is -0.119.